The lowest BCUT2D eigenvalue weighted by Gasteiger charge is -2.34. The number of ether oxygens (including phenoxy) is 1. The summed E-state index contributed by atoms with van der Waals surface area (Å²) in [6.07, 6.45) is -3.58. The number of rotatable bonds is 6. The van der Waals surface area contributed by atoms with Crippen LogP contribution >= 0.6 is 11.6 Å². The van der Waals surface area contributed by atoms with Crippen LogP contribution in [0.15, 0.2) is 42.5 Å². The van der Waals surface area contributed by atoms with Gasteiger partial charge in [0.2, 0.25) is 5.82 Å². The Morgan fingerprint density at radius 2 is 1.81 bits per heavy atom. The minimum absolute atomic E-state index is 0.150. The van der Waals surface area contributed by atoms with Gasteiger partial charge in [-0.15, -0.1) is 0 Å². The molecule has 0 amide bonds. The van der Waals surface area contributed by atoms with Gasteiger partial charge in [-0.3, -0.25) is 4.90 Å². The summed E-state index contributed by atoms with van der Waals surface area (Å²) >= 11 is 5.98. The Hall–Kier alpha value is -2.66. The summed E-state index contributed by atoms with van der Waals surface area (Å²) in [6.45, 7) is 3.20. The number of aliphatic hydroxyl groups excluding tert-OH is 1. The lowest BCUT2D eigenvalue weighted by Crippen LogP contribution is -2.49. The van der Waals surface area contributed by atoms with Gasteiger partial charge in [-0.05, 0) is 61.8 Å². The molecule has 0 unspecified atom stereocenters. The Kier molecular flexibility index (Phi) is 7.44. The van der Waals surface area contributed by atoms with Gasteiger partial charge in [-0.25, -0.2) is 9.97 Å². The van der Waals surface area contributed by atoms with E-state index in [4.69, 9.17) is 16.3 Å². The second-order valence-electron chi connectivity index (χ2n) is 9.67. The average Bonchev–Trinajstić information content (AvgIpc) is 3.24. The Morgan fingerprint density at radius 1 is 1.08 bits per heavy atom. The van der Waals surface area contributed by atoms with Crippen LogP contribution in [0.25, 0.3) is 10.9 Å². The Bertz CT molecular complexity index is 1240. The molecule has 0 spiro atoms. The molecule has 2 aliphatic heterocycles. The SMILES string of the molecule is COc1ccc2nc(C(F)(F)F)nc(N3C[C@@H](O)[C@H](NC4CCN(Cc5ccc(Cl)cc5)CC4)C3)c2c1. The van der Waals surface area contributed by atoms with Crippen molar-refractivity contribution in [2.24, 2.45) is 0 Å². The maximum absolute atomic E-state index is 13.5. The van der Waals surface area contributed by atoms with Crippen molar-refractivity contribution in [2.75, 3.05) is 38.2 Å². The lowest BCUT2D eigenvalue weighted by molar-refractivity contribution is -0.144. The van der Waals surface area contributed by atoms with Gasteiger partial charge in [-0.2, -0.15) is 13.2 Å². The molecular formula is C26H29ClF3N5O2. The van der Waals surface area contributed by atoms with Crippen molar-refractivity contribution in [1.82, 2.24) is 20.2 Å². The molecule has 3 aromatic rings. The molecule has 2 aliphatic rings. The number of piperidine rings is 1. The number of fused-ring (bicyclic) bond motifs is 1. The van der Waals surface area contributed by atoms with E-state index in [1.54, 1.807) is 17.0 Å². The molecule has 0 radical (unpaired) electrons. The zero-order valence-corrected chi connectivity index (χ0v) is 21.1. The van der Waals surface area contributed by atoms with Crippen molar-refractivity contribution in [1.29, 1.82) is 0 Å². The largest absolute Gasteiger partial charge is 0.497 e. The molecule has 2 fully saturated rings. The number of nitrogens with zero attached hydrogens (tertiary/aromatic N) is 4. The summed E-state index contributed by atoms with van der Waals surface area (Å²) < 4.78 is 45.9. The van der Waals surface area contributed by atoms with Gasteiger partial charge in [-0.1, -0.05) is 23.7 Å². The molecule has 0 aliphatic carbocycles. The summed E-state index contributed by atoms with van der Waals surface area (Å²) in [6, 6.07) is 12.5. The number of benzene rings is 2. The highest BCUT2D eigenvalue weighted by Crippen LogP contribution is 2.34. The maximum Gasteiger partial charge on any atom is 0.451 e. The number of aromatic nitrogens is 2. The predicted octanol–water partition coefficient (Wildman–Crippen LogP) is 4.11. The van der Waals surface area contributed by atoms with Crippen LogP contribution in [0.4, 0.5) is 19.0 Å². The van der Waals surface area contributed by atoms with Gasteiger partial charge in [0.05, 0.1) is 24.8 Å². The highest BCUT2D eigenvalue weighted by molar-refractivity contribution is 6.30. The van der Waals surface area contributed by atoms with Crippen molar-refractivity contribution in [2.45, 2.75) is 43.8 Å². The summed E-state index contributed by atoms with van der Waals surface area (Å²) in [5, 5.41) is 15.5. The smallest absolute Gasteiger partial charge is 0.451 e. The van der Waals surface area contributed by atoms with Gasteiger partial charge in [0.1, 0.15) is 11.6 Å². The normalized spacial score (nSPS) is 21.6. The standard InChI is InChI=1S/C26H29ClF3N5O2/c1-37-19-6-7-21-20(12-19)24(33-25(32-21)26(28,29)30)35-14-22(23(36)15-35)31-18-8-10-34(11-9-18)13-16-2-4-17(27)5-3-16/h2-7,12,18,22-23,31,36H,8-11,13-15H2,1H3/t22-,23-/m1/s1. The third kappa shape index (κ3) is 5.93. The van der Waals surface area contributed by atoms with Crippen molar-refractivity contribution in [3.05, 3.63) is 58.9 Å². The topological polar surface area (TPSA) is 73.8 Å². The summed E-state index contributed by atoms with van der Waals surface area (Å²) in [5.74, 6) is -0.548. The molecule has 2 saturated heterocycles. The number of halogens is 4. The fourth-order valence-corrected chi connectivity index (χ4v) is 5.24. The average molecular weight is 536 g/mol. The monoisotopic (exact) mass is 535 g/mol. The van der Waals surface area contributed by atoms with Crippen LogP contribution in [-0.4, -0.2) is 71.5 Å². The van der Waals surface area contributed by atoms with Gasteiger partial charge in [0.25, 0.3) is 0 Å². The number of hydrogen-bond acceptors (Lipinski definition) is 7. The molecule has 2 aromatic carbocycles. The third-order valence-corrected chi connectivity index (χ3v) is 7.33. The fourth-order valence-electron chi connectivity index (χ4n) is 5.12. The van der Waals surface area contributed by atoms with E-state index >= 15 is 0 Å². The first-order valence-corrected chi connectivity index (χ1v) is 12.7. The van der Waals surface area contributed by atoms with E-state index < -0.39 is 18.1 Å². The second-order valence-corrected chi connectivity index (χ2v) is 10.1. The van der Waals surface area contributed by atoms with E-state index in [2.05, 4.69) is 20.2 Å². The number of β-amino-alcohol motifs (C(OH)–C–C–N with tert-alkyl or cyclic N) is 1. The second kappa shape index (κ2) is 10.6. The van der Waals surface area contributed by atoms with E-state index in [-0.39, 0.29) is 30.0 Å². The summed E-state index contributed by atoms with van der Waals surface area (Å²) in [4.78, 5) is 11.7. The quantitative estimate of drug-likeness (QED) is 0.492. The van der Waals surface area contributed by atoms with Gasteiger partial charge < -0.3 is 20.1 Å². The zero-order chi connectivity index (χ0) is 26.2. The molecule has 2 atom stereocenters. The van der Waals surface area contributed by atoms with Crippen molar-refractivity contribution in [3.63, 3.8) is 0 Å². The van der Waals surface area contributed by atoms with E-state index in [0.717, 1.165) is 37.5 Å². The lowest BCUT2D eigenvalue weighted by atomic mass is 10.0. The highest BCUT2D eigenvalue weighted by atomic mass is 35.5. The number of methoxy groups -OCH3 is 1. The van der Waals surface area contributed by atoms with E-state index in [1.807, 2.05) is 24.3 Å². The van der Waals surface area contributed by atoms with Crippen LogP contribution in [0, 0.1) is 0 Å². The number of alkyl halides is 3. The first-order chi connectivity index (χ1) is 17.7. The number of hydrogen-bond donors (Lipinski definition) is 2. The number of nitrogens with one attached hydrogen (secondary N) is 1. The Morgan fingerprint density at radius 3 is 2.49 bits per heavy atom. The molecule has 11 heteroatoms. The Balaban J connectivity index is 1.26. The molecule has 37 heavy (non-hydrogen) atoms. The molecule has 3 heterocycles. The molecule has 198 valence electrons. The van der Waals surface area contributed by atoms with Crippen molar-refractivity contribution < 1.29 is 23.0 Å². The third-order valence-electron chi connectivity index (χ3n) is 7.08. The number of anilines is 1. The molecule has 0 bridgehead atoms. The van der Waals surface area contributed by atoms with Crippen molar-refractivity contribution in [3.8, 4) is 5.75 Å². The van der Waals surface area contributed by atoms with Gasteiger partial charge >= 0.3 is 6.18 Å². The van der Waals surface area contributed by atoms with Crippen LogP contribution < -0.4 is 15.0 Å². The number of likely N-dealkylation sites (tertiary alicyclic amines) is 1. The fraction of sp³-hybridized carbons (Fsp3) is 0.462. The van der Waals surface area contributed by atoms with Crippen LogP contribution in [0.1, 0.15) is 24.2 Å². The summed E-state index contributed by atoms with van der Waals surface area (Å²) in [7, 11) is 1.49. The molecule has 2 N–H and O–H groups in total. The van der Waals surface area contributed by atoms with E-state index in [1.165, 1.54) is 18.7 Å². The molecule has 0 saturated carbocycles. The van der Waals surface area contributed by atoms with Crippen molar-refractivity contribution >= 4 is 28.3 Å². The van der Waals surface area contributed by atoms with Crippen LogP contribution in [-0.2, 0) is 12.7 Å². The first kappa shape index (κ1) is 26.0. The first-order valence-electron chi connectivity index (χ1n) is 12.3. The molecule has 7 nitrogen and oxygen atoms in total. The molecule has 5 rings (SSSR count). The summed E-state index contributed by atoms with van der Waals surface area (Å²) in [5.41, 5.74) is 1.39. The Labute approximate surface area is 218 Å². The predicted molar refractivity (Wildman–Crippen MR) is 136 cm³/mol. The zero-order valence-electron chi connectivity index (χ0n) is 20.4. The van der Waals surface area contributed by atoms with E-state index in [0.29, 0.717) is 17.7 Å². The van der Waals surface area contributed by atoms with Gasteiger partial charge in [0.15, 0.2) is 0 Å². The van der Waals surface area contributed by atoms with Gasteiger partial charge in [0, 0.05) is 36.1 Å². The van der Waals surface area contributed by atoms with E-state index in [9.17, 15) is 18.3 Å². The minimum atomic E-state index is -4.68. The van der Waals surface area contributed by atoms with Crippen LogP contribution in [0.3, 0.4) is 0 Å². The van der Waals surface area contributed by atoms with Crippen LogP contribution in [0.5, 0.6) is 5.75 Å². The maximum atomic E-state index is 13.5. The highest BCUT2D eigenvalue weighted by Gasteiger charge is 2.39. The van der Waals surface area contributed by atoms with Crippen LogP contribution in [0.2, 0.25) is 5.02 Å². The number of aliphatic hydroxyl groups is 1. The minimum Gasteiger partial charge on any atom is -0.497 e. The molecular weight excluding hydrogens is 507 g/mol. The molecule has 1 aromatic heterocycles.